The van der Waals surface area contributed by atoms with Crippen molar-refractivity contribution in [3.8, 4) is 0 Å². The van der Waals surface area contributed by atoms with E-state index in [-0.39, 0.29) is 49.6 Å². The maximum Gasteiger partial charge on any atom is 2.00 e. The molecule has 0 aromatic heterocycles. The molecule has 0 bridgehead atoms. The molecule has 2 aliphatic rings. The van der Waals surface area contributed by atoms with Crippen molar-refractivity contribution >= 4 is 49.7 Å². The van der Waals surface area contributed by atoms with Crippen molar-refractivity contribution in [3.05, 3.63) is 0 Å². The SMILES string of the molecule is O=C([O-])C(C(=O)[O-])(C1CCCCC1)C1CCCCC1.[Ca+2]. The molecule has 0 aliphatic heterocycles. The van der Waals surface area contributed by atoms with Gasteiger partial charge in [-0.25, -0.2) is 0 Å². The first kappa shape index (κ1) is 18.2. The van der Waals surface area contributed by atoms with Crippen LogP contribution in [0.2, 0.25) is 0 Å². The van der Waals surface area contributed by atoms with E-state index in [9.17, 15) is 19.8 Å². The Morgan fingerprint density at radius 2 is 1.00 bits per heavy atom. The Balaban J connectivity index is 0.00000200. The molecule has 0 aromatic carbocycles. The zero-order valence-corrected chi connectivity index (χ0v) is 14.3. The van der Waals surface area contributed by atoms with Crippen LogP contribution in [0.5, 0.6) is 0 Å². The number of hydrogen-bond acceptors (Lipinski definition) is 4. The van der Waals surface area contributed by atoms with E-state index in [0.717, 1.165) is 38.5 Å². The first-order valence-electron chi connectivity index (χ1n) is 7.53. The van der Waals surface area contributed by atoms with Crippen molar-refractivity contribution < 1.29 is 19.8 Å². The first-order chi connectivity index (χ1) is 9.10. The van der Waals surface area contributed by atoms with Crippen LogP contribution in [0.25, 0.3) is 0 Å². The standard InChI is InChI=1S/C15H24O4.Ca/c16-13(17)15(14(18)19,11-7-3-1-4-8-11)12-9-5-2-6-10-12;/h11-12H,1-10H2,(H,16,17)(H,18,19);/q;+2/p-2. The number of carboxylic acids is 2. The normalized spacial score (nSPS) is 22.0. The minimum atomic E-state index is -1.75. The summed E-state index contributed by atoms with van der Waals surface area (Å²) in [5.74, 6) is -3.43. The molecule has 108 valence electrons. The van der Waals surface area contributed by atoms with E-state index in [1.165, 1.54) is 0 Å². The van der Waals surface area contributed by atoms with Crippen LogP contribution < -0.4 is 10.2 Å². The largest absolute Gasteiger partial charge is 2.00 e. The van der Waals surface area contributed by atoms with Crippen LogP contribution in [0, 0.1) is 17.3 Å². The van der Waals surface area contributed by atoms with E-state index in [4.69, 9.17) is 0 Å². The molecule has 0 spiro atoms. The summed E-state index contributed by atoms with van der Waals surface area (Å²) < 4.78 is 0. The van der Waals surface area contributed by atoms with Crippen molar-refractivity contribution in [1.29, 1.82) is 0 Å². The fraction of sp³-hybridized carbons (Fsp3) is 0.867. The molecule has 5 heteroatoms. The van der Waals surface area contributed by atoms with Crippen LogP contribution in [0.15, 0.2) is 0 Å². The summed E-state index contributed by atoms with van der Waals surface area (Å²) in [6, 6.07) is 0. The van der Waals surface area contributed by atoms with Crippen molar-refractivity contribution in [2.45, 2.75) is 64.2 Å². The molecule has 0 amide bonds. The molecule has 2 rings (SSSR count). The molecule has 0 unspecified atom stereocenters. The topological polar surface area (TPSA) is 80.3 Å². The van der Waals surface area contributed by atoms with Gasteiger partial charge in [0.15, 0.2) is 0 Å². The molecule has 0 atom stereocenters. The van der Waals surface area contributed by atoms with Crippen LogP contribution in [0.4, 0.5) is 0 Å². The van der Waals surface area contributed by atoms with Gasteiger partial charge in [-0.2, -0.15) is 0 Å². The second-order valence-corrected chi connectivity index (χ2v) is 6.11. The summed E-state index contributed by atoms with van der Waals surface area (Å²) in [4.78, 5) is 23.5. The van der Waals surface area contributed by atoms with Crippen molar-refractivity contribution in [2.75, 3.05) is 0 Å². The molecule has 4 nitrogen and oxygen atoms in total. The van der Waals surface area contributed by atoms with Gasteiger partial charge in [-0.15, -0.1) is 0 Å². The van der Waals surface area contributed by atoms with E-state index in [1.54, 1.807) is 0 Å². The second-order valence-electron chi connectivity index (χ2n) is 6.11. The molecular weight excluding hydrogens is 284 g/mol. The third-order valence-corrected chi connectivity index (χ3v) is 5.17. The average Bonchev–Trinajstić information content (AvgIpc) is 2.41. The summed E-state index contributed by atoms with van der Waals surface area (Å²) in [7, 11) is 0. The number of hydrogen-bond donors (Lipinski definition) is 0. The van der Waals surface area contributed by atoms with Crippen molar-refractivity contribution in [3.63, 3.8) is 0 Å². The quantitative estimate of drug-likeness (QED) is 0.551. The van der Waals surface area contributed by atoms with Crippen LogP contribution in [0.1, 0.15) is 64.2 Å². The van der Waals surface area contributed by atoms with Gasteiger partial charge >= 0.3 is 37.7 Å². The average molecular weight is 306 g/mol. The third-order valence-electron chi connectivity index (χ3n) is 5.17. The molecule has 0 N–H and O–H groups in total. The van der Waals surface area contributed by atoms with Crippen LogP contribution in [-0.2, 0) is 9.59 Å². The summed E-state index contributed by atoms with van der Waals surface area (Å²) in [5, 5.41) is 23.5. The first-order valence-corrected chi connectivity index (χ1v) is 7.53. The zero-order valence-electron chi connectivity index (χ0n) is 12.1. The van der Waals surface area contributed by atoms with E-state index in [0.29, 0.717) is 25.7 Å². The van der Waals surface area contributed by atoms with Crippen LogP contribution in [0.3, 0.4) is 0 Å². The maximum absolute atomic E-state index is 11.7. The van der Waals surface area contributed by atoms with E-state index < -0.39 is 17.4 Å². The Kier molecular flexibility index (Phi) is 7.30. The maximum atomic E-state index is 11.7. The van der Waals surface area contributed by atoms with Gasteiger partial charge in [0.05, 0.1) is 17.4 Å². The van der Waals surface area contributed by atoms with E-state index >= 15 is 0 Å². The molecule has 0 saturated heterocycles. The number of rotatable bonds is 4. The molecule has 0 radical (unpaired) electrons. The van der Waals surface area contributed by atoms with Gasteiger partial charge in [-0.05, 0) is 37.5 Å². The van der Waals surface area contributed by atoms with Gasteiger partial charge in [0.2, 0.25) is 0 Å². The molecule has 0 heterocycles. The Labute approximate surface area is 150 Å². The molecule has 2 fully saturated rings. The summed E-state index contributed by atoms with van der Waals surface area (Å²) in [5.41, 5.74) is -1.75. The number of aliphatic carboxylic acids is 2. The number of carbonyl (C=O) groups is 2. The summed E-state index contributed by atoms with van der Waals surface area (Å²) in [6.45, 7) is 0. The van der Waals surface area contributed by atoms with Crippen molar-refractivity contribution in [1.82, 2.24) is 0 Å². The Morgan fingerprint density at radius 1 is 0.700 bits per heavy atom. The molecule has 2 aliphatic carbocycles. The minimum Gasteiger partial charge on any atom is -0.549 e. The predicted octanol–water partition coefficient (Wildman–Crippen LogP) is 0.252. The Morgan fingerprint density at radius 3 is 1.25 bits per heavy atom. The molecule has 0 aromatic rings. The Hall–Kier alpha value is 0.200. The molecule has 20 heavy (non-hydrogen) atoms. The predicted molar refractivity (Wildman–Crippen MR) is 71.4 cm³/mol. The second kappa shape index (κ2) is 8.00. The van der Waals surface area contributed by atoms with E-state index in [1.807, 2.05) is 0 Å². The summed E-state index contributed by atoms with van der Waals surface area (Å²) in [6.07, 6.45) is 8.52. The van der Waals surface area contributed by atoms with Crippen LogP contribution >= 0.6 is 0 Å². The number of carbonyl (C=O) groups excluding carboxylic acids is 2. The van der Waals surface area contributed by atoms with Gasteiger partial charge < -0.3 is 19.8 Å². The minimum absolute atomic E-state index is 0. The fourth-order valence-electron chi connectivity index (χ4n) is 4.20. The van der Waals surface area contributed by atoms with Gasteiger partial charge in [0, 0.05) is 0 Å². The monoisotopic (exact) mass is 306 g/mol. The van der Waals surface area contributed by atoms with Crippen molar-refractivity contribution in [2.24, 2.45) is 17.3 Å². The number of carboxylic acid groups (broad SMARTS) is 2. The summed E-state index contributed by atoms with van der Waals surface area (Å²) >= 11 is 0. The van der Waals surface area contributed by atoms with Gasteiger partial charge in [-0.1, -0.05) is 38.5 Å². The van der Waals surface area contributed by atoms with Gasteiger partial charge in [-0.3, -0.25) is 0 Å². The van der Waals surface area contributed by atoms with E-state index in [2.05, 4.69) is 0 Å². The van der Waals surface area contributed by atoms with Gasteiger partial charge in [0.25, 0.3) is 0 Å². The fourth-order valence-corrected chi connectivity index (χ4v) is 4.20. The Bertz CT molecular complexity index is 310. The van der Waals surface area contributed by atoms with Gasteiger partial charge in [0.1, 0.15) is 0 Å². The van der Waals surface area contributed by atoms with Crippen LogP contribution in [-0.4, -0.2) is 49.7 Å². The zero-order chi connectivity index (χ0) is 13.9. The molecular formula is C15H22CaO4. The molecule has 2 saturated carbocycles. The smallest absolute Gasteiger partial charge is 0.549 e. The third kappa shape index (κ3) is 3.33.